The highest BCUT2D eigenvalue weighted by Gasteiger charge is 2.56. The maximum Gasteiger partial charge on any atom is 0.414 e. The molecular formula is C24H27NO6. The van der Waals surface area contributed by atoms with Crippen LogP contribution in [0.25, 0.3) is 0 Å². The lowest BCUT2D eigenvalue weighted by Crippen LogP contribution is -2.53. The van der Waals surface area contributed by atoms with E-state index in [4.69, 9.17) is 14.2 Å². The zero-order valence-corrected chi connectivity index (χ0v) is 18.4. The monoisotopic (exact) mass is 425 g/mol. The number of fused-ring (bicyclic) bond motifs is 2. The van der Waals surface area contributed by atoms with E-state index in [1.54, 1.807) is 32.9 Å². The number of hydrogen-bond acceptors (Lipinski definition) is 6. The van der Waals surface area contributed by atoms with Crippen molar-refractivity contribution < 1.29 is 28.9 Å². The summed E-state index contributed by atoms with van der Waals surface area (Å²) in [6, 6.07) is 10.6. The summed E-state index contributed by atoms with van der Waals surface area (Å²) >= 11 is 0. The molecule has 0 radical (unpaired) electrons. The van der Waals surface area contributed by atoms with Gasteiger partial charge >= 0.3 is 6.09 Å². The smallest absolute Gasteiger partial charge is 0.414 e. The predicted molar refractivity (Wildman–Crippen MR) is 115 cm³/mol. The van der Waals surface area contributed by atoms with E-state index in [0.717, 1.165) is 5.56 Å². The molecule has 7 heteroatoms. The first kappa shape index (κ1) is 21.2. The Morgan fingerprint density at radius 2 is 1.77 bits per heavy atom. The van der Waals surface area contributed by atoms with Gasteiger partial charge in [0.1, 0.15) is 5.60 Å². The van der Waals surface area contributed by atoms with E-state index >= 15 is 0 Å². The summed E-state index contributed by atoms with van der Waals surface area (Å²) < 4.78 is 16.4. The largest absolute Gasteiger partial charge is 0.493 e. The maximum atomic E-state index is 13.8. The summed E-state index contributed by atoms with van der Waals surface area (Å²) in [7, 11) is 2.98. The number of Topliss-reactive ketones (excluding diaryl/α,β-unsaturated/α-hetero) is 1. The van der Waals surface area contributed by atoms with E-state index < -0.39 is 23.2 Å². The Morgan fingerprint density at radius 3 is 2.39 bits per heavy atom. The number of ether oxygens (including phenoxy) is 3. The van der Waals surface area contributed by atoms with Gasteiger partial charge in [0.05, 0.1) is 31.4 Å². The van der Waals surface area contributed by atoms with Gasteiger partial charge < -0.3 is 19.3 Å². The van der Waals surface area contributed by atoms with Crippen LogP contribution in [0.3, 0.4) is 0 Å². The number of benzene rings is 2. The molecule has 0 saturated carbocycles. The molecule has 0 bridgehead atoms. The van der Waals surface area contributed by atoms with Crippen molar-refractivity contribution >= 4 is 17.6 Å². The lowest BCUT2D eigenvalue weighted by atomic mass is 9.72. The normalized spacial score (nSPS) is 22.2. The predicted octanol–water partition coefficient (Wildman–Crippen LogP) is 3.92. The third-order valence-electron chi connectivity index (χ3n) is 5.92. The van der Waals surface area contributed by atoms with Crippen molar-refractivity contribution in [1.82, 2.24) is 0 Å². The summed E-state index contributed by atoms with van der Waals surface area (Å²) in [4.78, 5) is 28.4. The van der Waals surface area contributed by atoms with Crippen molar-refractivity contribution in [2.45, 2.75) is 38.9 Å². The molecule has 2 aliphatic rings. The van der Waals surface area contributed by atoms with Crippen LogP contribution < -0.4 is 14.4 Å². The molecule has 1 heterocycles. The average molecular weight is 425 g/mol. The fourth-order valence-corrected chi connectivity index (χ4v) is 4.50. The van der Waals surface area contributed by atoms with Crippen LogP contribution >= 0.6 is 0 Å². The molecule has 2 aromatic carbocycles. The van der Waals surface area contributed by atoms with E-state index in [-0.39, 0.29) is 12.3 Å². The summed E-state index contributed by atoms with van der Waals surface area (Å²) in [5, 5.41) is 11.3. The number of amides is 1. The van der Waals surface area contributed by atoms with Crippen molar-refractivity contribution in [1.29, 1.82) is 0 Å². The second kappa shape index (κ2) is 7.27. The van der Waals surface area contributed by atoms with Gasteiger partial charge in [0, 0.05) is 18.2 Å². The van der Waals surface area contributed by atoms with Crippen LogP contribution in [-0.4, -0.2) is 43.3 Å². The molecule has 164 valence electrons. The lowest BCUT2D eigenvalue weighted by Gasteiger charge is -2.42. The zero-order chi connectivity index (χ0) is 22.6. The number of rotatable bonds is 2. The molecule has 7 nitrogen and oxygen atoms in total. The van der Waals surface area contributed by atoms with Gasteiger partial charge in [-0.25, -0.2) is 4.79 Å². The molecule has 0 saturated heterocycles. The van der Waals surface area contributed by atoms with Crippen LogP contribution in [0.5, 0.6) is 11.5 Å². The van der Waals surface area contributed by atoms with Gasteiger partial charge in [0.2, 0.25) is 0 Å². The van der Waals surface area contributed by atoms with E-state index in [1.165, 1.54) is 19.1 Å². The topological polar surface area (TPSA) is 85.3 Å². The number of hydrogen-bond donors (Lipinski definition) is 1. The standard InChI is InChI=1S/C24H27NO6/c1-23(2,3)31-22(28)25-13-24(12-14-8-6-7-9-15(14)20(24)26)21(27)16-10-18(29-4)19(30-5)11-17(16)25/h6-11,20,26H,12-13H2,1-5H3/t20-,24-/m1/s1. The van der Waals surface area contributed by atoms with Gasteiger partial charge in [-0.15, -0.1) is 0 Å². The molecule has 1 N–H and O–H groups in total. The Balaban J connectivity index is 1.88. The summed E-state index contributed by atoms with van der Waals surface area (Å²) in [6.07, 6.45) is -1.30. The zero-order valence-electron chi connectivity index (χ0n) is 18.4. The highest BCUT2D eigenvalue weighted by atomic mass is 16.6. The summed E-state index contributed by atoms with van der Waals surface area (Å²) in [6.45, 7) is 5.35. The van der Waals surface area contributed by atoms with Crippen LogP contribution in [-0.2, 0) is 11.2 Å². The van der Waals surface area contributed by atoms with Crippen molar-refractivity contribution in [3.8, 4) is 11.5 Å². The summed E-state index contributed by atoms with van der Waals surface area (Å²) in [5.41, 5.74) is 0.361. The number of ketones is 1. The van der Waals surface area contributed by atoms with E-state index in [2.05, 4.69) is 0 Å². The molecule has 31 heavy (non-hydrogen) atoms. The number of aliphatic hydroxyl groups is 1. The molecule has 4 rings (SSSR count). The van der Waals surface area contributed by atoms with Crippen LogP contribution in [0.4, 0.5) is 10.5 Å². The van der Waals surface area contributed by atoms with Crippen LogP contribution in [0.15, 0.2) is 36.4 Å². The minimum atomic E-state index is -1.20. The second-order valence-electron chi connectivity index (χ2n) is 9.05. The van der Waals surface area contributed by atoms with E-state index in [1.807, 2.05) is 24.3 Å². The minimum absolute atomic E-state index is 0.000916. The van der Waals surface area contributed by atoms with Crippen molar-refractivity contribution in [2.24, 2.45) is 5.41 Å². The number of nitrogens with zero attached hydrogens (tertiary/aromatic N) is 1. The van der Waals surface area contributed by atoms with Gasteiger partial charge in [0.25, 0.3) is 0 Å². The number of aliphatic hydroxyl groups excluding tert-OH is 1. The third-order valence-corrected chi connectivity index (χ3v) is 5.92. The van der Waals surface area contributed by atoms with E-state index in [9.17, 15) is 14.7 Å². The van der Waals surface area contributed by atoms with Gasteiger partial charge in [-0.1, -0.05) is 24.3 Å². The molecule has 0 unspecified atom stereocenters. The molecule has 1 spiro atoms. The van der Waals surface area contributed by atoms with Crippen LogP contribution in [0, 0.1) is 5.41 Å². The lowest BCUT2D eigenvalue weighted by molar-refractivity contribution is 0.0288. The number of carbonyl (C=O) groups excluding carboxylic acids is 2. The highest BCUT2D eigenvalue weighted by Crippen LogP contribution is 2.53. The van der Waals surface area contributed by atoms with E-state index in [0.29, 0.717) is 34.7 Å². The van der Waals surface area contributed by atoms with Gasteiger partial charge in [-0.3, -0.25) is 9.69 Å². The fraction of sp³-hybridized carbons (Fsp3) is 0.417. The van der Waals surface area contributed by atoms with Gasteiger partial charge in [-0.05, 0) is 44.4 Å². The second-order valence-corrected chi connectivity index (χ2v) is 9.05. The Bertz CT molecular complexity index is 1060. The summed E-state index contributed by atoms with van der Waals surface area (Å²) in [5.74, 6) is 0.543. The first-order valence-corrected chi connectivity index (χ1v) is 10.2. The van der Waals surface area contributed by atoms with Crippen LogP contribution in [0.1, 0.15) is 48.4 Å². The molecule has 2 aromatic rings. The Labute approximate surface area is 181 Å². The quantitative estimate of drug-likeness (QED) is 0.785. The van der Waals surface area contributed by atoms with Crippen molar-refractivity contribution in [3.05, 3.63) is 53.1 Å². The van der Waals surface area contributed by atoms with Crippen LogP contribution in [0.2, 0.25) is 0 Å². The van der Waals surface area contributed by atoms with Crippen molar-refractivity contribution in [2.75, 3.05) is 25.7 Å². The first-order valence-electron chi connectivity index (χ1n) is 10.2. The molecule has 1 aliphatic heterocycles. The Kier molecular flexibility index (Phi) is 4.97. The Hall–Kier alpha value is -3.06. The Morgan fingerprint density at radius 1 is 1.13 bits per heavy atom. The molecule has 0 aromatic heterocycles. The average Bonchev–Trinajstić information content (AvgIpc) is 3.01. The highest BCUT2D eigenvalue weighted by molar-refractivity contribution is 6.12. The third kappa shape index (κ3) is 3.33. The molecule has 2 atom stereocenters. The molecule has 1 aliphatic carbocycles. The SMILES string of the molecule is COc1cc2c(cc1OC)N(C(=O)OC(C)(C)C)C[C@@]1(Cc3ccccc3[C@H]1O)C2=O. The maximum absolute atomic E-state index is 13.8. The van der Waals surface area contributed by atoms with Gasteiger partial charge in [0.15, 0.2) is 17.3 Å². The first-order chi connectivity index (χ1) is 14.6. The molecule has 0 fully saturated rings. The molecule has 1 amide bonds. The molecular weight excluding hydrogens is 398 g/mol. The fourth-order valence-electron chi connectivity index (χ4n) is 4.50. The number of carbonyl (C=O) groups is 2. The van der Waals surface area contributed by atoms with Gasteiger partial charge in [-0.2, -0.15) is 0 Å². The minimum Gasteiger partial charge on any atom is -0.493 e. The number of anilines is 1. The van der Waals surface area contributed by atoms with Crippen molar-refractivity contribution in [3.63, 3.8) is 0 Å². The number of methoxy groups -OCH3 is 2.